The lowest BCUT2D eigenvalue weighted by molar-refractivity contribution is -0.122. The molecule has 0 spiro atoms. The summed E-state index contributed by atoms with van der Waals surface area (Å²) in [5.74, 6) is 0.230. The van der Waals surface area contributed by atoms with Gasteiger partial charge in [0, 0.05) is 18.3 Å². The molecule has 0 radical (unpaired) electrons. The molecule has 0 aromatic carbocycles. The van der Waals surface area contributed by atoms with E-state index in [9.17, 15) is 4.79 Å². The molecule has 5 heteroatoms. The van der Waals surface area contributed by atoms with Gasteiger partial charge in [0.05, 0.1) is 24.1 Å². The summed E-state index contributed by atoms with van der Waals surface area (Å²) < 4.78 is 1.79. The Hall–Kier alpha value is -2.17. The Bertz CT molecular complexity index is 663. The van der Waals surface area contributed by atoms with Gasteiger partial charge in [0.25, 0.3) is 0 Å². The Morgan fingerprint density at radius 1 is 1.43 bits per heavy atom. The normalized spacial score (nSPS) is 20.2. The first-order chi connectivity index (χ1) is 11.0. The van der Waals surface area contributed by atoms with Crippen LogP contribution in [0.5, 0.6) is 0 Å². The standard InChI is InChI=1S/C18H24N4O/c1-18(2)8-5-6-14(10-18)17(23)21-16-11-20-22(13-16)12-15-7-3-4-9-19-15/h3-4,7,9,11,13-14H,5-6,8,10,12H2,1-2H3,(H,21,23). The summed E-state index contributed by atoms with van der Waals surface area (Å²) in [4.78, 5) is 16.7. The monoisotopic (exact) mass is 312 g/mol. The Morgan fingerprint density at radius 2 is 2.30 bits per heavy atom. The molecule has 5 nitrogen and oxygen atoms in total. The zero-order chi connectivity index (χ0) is 16.3. The van der Waals surface area contributed by atoms with Crippen molar-refractivity contribution in [2.24, 2.45) is 11.3 Å². The molecular weight excluding hydrogens is 288 g/mol. The van der Waals surface area contributed by atoms with Gasteiger partial charge < -0.3 is 5.32 Å². The third-order valence-electron chi connectivity index (χ3n) is 4.53. The molecular formula is C18H24N4O. The topological polar surface area (TPSA) is 59.8 Å². The highest BCUT2D eigenvalue weighted by molar-refractivity contribution is 5.92. The van der Waals surface area contributed by atoms with Gasteiger partial charge in [0.1, 0.15) is 0 Å². The smallest absolute Gasteiger partial charge is 0.227 e. The fourth-order valence-electron chi connectivity index (χ4n) is 3.34. The van der Waals surface area contributed by atoms with E-state index in [0.29, 0.717) is 6.54 Å². The van der Waals surface area contributed by atoms with Crippen molar-refractivity contribution in [1.82, 2.24) is 14.8 Å². The van der Waals surface area contributed by atoms with Crippen LogP contribution in [0.4, 0.5) is 5.69 Å². The van der Waals surface area contributed by atoms with Crippen LogP contribution in [-0.4, -0.2) is 20.7 Å². The summed E-state index contributed by atoms with van der Waals surface area (Å²) in [6, 6.07) is 5.81. The van der Waals surface area contributed by atoms with E-state index in [0.717, 1.165) is 30.6 Å². The largest absolute Gasteiger partial charge is 0.323 e. The molecule has 2 aromatic rings. The van der Waals surface area contributed by atoms with E-state index in [4.69, 9.17) is 0 Å². The summed E-state index contributed by atoms with van der Waals surface area (Å²) in [5, 5.41) is 7.31. The maximum atomic E-state index is 12.5. The Kier molecular flexibility index (Phi) is 4.46. The van der Waals surface area contributed by atoms with Crippen LogP contribution >= 0.6 is 0 Å². The van der Waals surface area contributed by atoms with Gasteiger partial charge in [-0.05, 0) is 36.8 Å². The molecule has 1 N–H and O–H groups in total. The van der Waals surface area contributed by atoms with Crippen LogP contribution in [0.1, 0.15) is 45.2 Å². The van der Waals surface area contributed by atoms with E-state index in [2.05, 4.69) is 29.2 Å². The lowest BCUT2D eigenvalue weighted by atomic mass is 9.72. The Labute approximate surface area is 137 Å². The van der Waals surface area contributed by atoms with Gasteiger partial charge in [-0.25, -0.2) is 0 Å². The minimum atomic E-state index is 0.109. The first-order valence-corrected chi connectivity index (χ1v) is 8.25. The van der Waals surface area contributed by atoms with Crippen molar-refractivity contribution < 1.29 is 4.79 Å². The first kappa shape index (κ1) is 15.7. The van der Waals surface area contributed by atoms with Crippen LogP contribution in [0.3, 0.4) is 0 Å². The third-order valence-corrected chi connectivity index (χ3v) is 4.53. The lowest BCUT2D eigenvalue weighted by Gasteiger charge is -2.34. The number of nitrogens with zero attached hydrogens (tertiary/aromatic N) is 3. The van der Waals surface area contributed by atoms with Gasteiger partial charge in [-0.2, -0.15) is 5.10 Å². The number of anilines is 1. The zero-order valence-electron chi connectivity index (χ0n) is 13.8. The van der Waals surface area contributed by atoms with Crippen LogP contribution in [0.25, 0.3) is 0 Å². The number of rotatable bonds is 4. The minimum absolute atomic E-state index is 0.109. The van der Waals surface area contributed by atoms with Crippen molar-refractivity contribution in [2.45, 2.75) is 46.1 Å². The highest BCUT2D eigenvalue weighted by atomic mass is 16.1. The summed E-state index contributed by atoms with van der Waals surface area (Å²) in [5.41, 5.74) is 1.97. The van der Waals surface area contributed by atoms with Crippen LogP contribution in [0.15, 0.2) is 36.8 Å². The van der Waals surface area contributed by atoms with Crippen LogP contribution < -0.4 is 5.32 Å². The summed E-state index contributed by atoms with van der Waals surface area (Å²) in [6.45, 7) is 5.10. The molecule has 0 saturated heterocycles. The molecule has 1 atom stereocenters. The third kappa shape index (κ3) is 4.18. The second kappa shape index (κ2) is 6.52. The molecule has 1 saturated carbocycles. The number of hydrogen-bond donors (Lipinski definition) is 1. The van der Waals surface area contributed by atoms with Crippen molar-refractivity contribution in [3.63, 3.8) is 0 Å². The van der Waals surface area contributed by atoms with Gasteiger partial charge in [0.2, 0.25) is 5.91 Å². The number of carbonyl (C=O) groups excluding carboxylic acids is 1. The van der Waals surface area contributed by atoms with Crippen molar-refractivity contribution in [3.8, 4) is 0 Å². The number of nitrogens with one attached hydrogen (secondary N) is 1. The molecule has 1 unspecified atom stereocenters. The van der Waals surface area contributed by atoms with Crippen molar-refractivity contribution >= 4 is 11.6 Å². The van der Waals surface area contributed by atoms with Crippen LogP contribution in [-0.2, 0) is 11.3 Å². The molecule has 0 aliphatic heterocycles. The number of hydrogen-bond acceptors (Lipinski definition) is 3. The van der Waals surface area contributed by atoms with E-state index in [1.807, 2.05) is 24.4 Å². The van der Waals surface area contributed by atoms with E-state index >= 15 is 0 Å². The highest BCUT2D eigenvalue weighted by Gasteiger charge is 2.32. The predicted molar refractivity (Wildman–Crippen MR) is 89.9 cm³/mol. The average molecular weight is 312 g/mol. The molecule has 1 fully saturated rings. The molecule has 0 bridgehead atoms. The Balaban J connectivity index is 1.59. The molecule has 1 amide bonds. The fourth-order valence-corrected chi connectivity index (χ4v) is 3.34. The lowest BCUT2D eigenvalue weighted by Crippen LogP contribution is -2.31. The SMILES string of the molecule is CC1(C)CCCC(C(=O)Nc2cnn(Cc3ccccn3)c2)C1. The molecule has 1 aliphatic rings. The number of pyridine rings is 1. The molecule has 2 aromatic heterocycles. The van der Waals surface area contributed by atoms with E-state index in [-0.39, 0.29) is 17.2 Å². The summed E-state index contributed by atoms with van der Waals surface area (Å²) in [6.07, 6.45) is 9.61. The molecule has 2 heterocycles. The van der Waals surface area contributed by atoms with Gasteiger partial charge in [-0.15, -0.1) is 0 Å². The van der Waals surface area contributed by atoms with Crippen LogP contribution in [0.2, 0.25) is 0 Å². The minimum Gasteiger partial charge on any atom is -0.323 e. The van der Waals surface area contributed by atoms with E-state index in [1.165, 1.54) is 6.42 Å². The Morgan fingerprint density at radius 3 is 3.04 bits per heavy atom. The first-order valence-electron chi connectivity index (χ1n) is 8.25. The summed E-state index contributed by atoms with van der Waals surface area (Å²) in [7, 11) is 0. The molecule has 3 rings (SSSR count). The second-order valence-electron chi connectivity index (χ2n) is 7.19. The van der Waals surface area contributed by atoms with Gasteiger partial charge in [-0.1, -0.05) is 26.3 Å². The van der Waals surface area contributed by atoms with Crippen LogP contribution in [0, 0.1) is 11.3 Å². The van der Waals surface area contributed by atoms with Gasteiger partial charge >= 0.3 is 0 Å². The second-order valence-corrected chi connectivity index (χ2v) is 7.19. The average Bonchev–Trinajstić information content (AvgIpc) is 2.94. The predicted octanol–water partition coefficient (Wildman–Crippen LogP) is 3.48. The summed E-state index contributed by atoms with van der Waals surface area (Å²) >= 11 is 0. The molecule has 23 heavy (non-hydrogen) atoms. The van der Waals surface area contributed by atoms with Gasteiger partial charge in [0.15, 0.2) is 0 Å². The molecule has 1 aliphatic carbocycles. The number of amides is 1. The van der Waals surface area contributed by atoms with Crippen molar-refractivity contribution in [2.75, 3.05) is 5.32 Å². The van der Waals surface area contributed by atoms with E-state index in [1.54, 1.807) is 17.1 Å². The highest BCUT2D eigenvalue weighted by Crippen LogP contribution is 2.38. The maximum Gasteiger partial charge on any atom is 0.227 e. The maximum absolute atomic E-state index is 12.5. The molecule has 122 valence electrons. The van der Waals surface area contributed by atoms with Crippen molar-refractivity contribution in [3.05, 3.63) is 42.5 Å². The quantitative estimate of drug-likeness (QED) is 0.940. The zero-order valence-corrected chi connectivity index (χ0v) is 13.8. The van der Waals surface area contributed by atoms with E-state index < -0.39 is 0 Å². The number of carbonyl (C=O) groups is 1. The number of aromatic nitrogens is 3. The fraction of sp³-hybridized carbons (Fsp3) is 0.500. The van der Waals surface area contributed by atoms with Crippen molar-refractivity contribution in [1.29, 1.82) is 0 Å². The van der Waals surface area contributed by atoms with Gasteiger partial charge in [-0.3, -0.25) is 14.5 Å².